The number of para-hydroxylation sites is 1. The highest BCUT2D eigenvalue weighted by Gasteiger charge is 2.33. The molecule has 0 spiro atoms. The number of nitrogens with zero attached hydrogens (tertiary/aromatic N) is 2. The highest BCUT2D eigenvalue weighted by atomic mass is 16.4. The van der Waals surface area contributed by atoms with Crippen molar-refractivity contribution in [3.63, 3.8) is 0 Å². The first-order valence-corrected chi connectivity index (χ1v) is 7.53. The molecule has 1 saturated heterocycles. The number of fused-ring (bicyclic) bond motifs is 1. The van der Waals surface area contributed by atoms with Crippen LogP contribution in [0.4, 0.5) is 5.82 Å². The molecule has 0 amide bonds. The molecule has 0 radical (unpaired) electrons. The number of carboxylic acid groups (broad SMARTS) is 1. The van der Waals surface area contributed by atoms with E-state index in [4.69, 9.17) is 0 Å². The third-order valence-electron chi connectivity index (χ3n) is 4.44. The zero-order valence-electron chi connectivity index (χ0n) is 12.4. The summed E-state index contributed by atoms with van der Waals surface area (Å²) in [5.74, 6) is -0.282. The van der Waals surface area contributed by atoms with Crippen molar-refractivity contribution in [1.29, 1.82) is 0 Å². The van der Waals surface area contributed by atoms with Gasteiger partial charge in [-0.25, -0.2) is 9.78 Å². The van der Waals surface area contributed by atoms with Gasteiger partial charge in [0.2, 0.25) is 0 Å². The van der Waals surface area contributed by atoms with Crippen molar-refractivity contribution in [3.8, 4) is 0 Å². The lowest BCUT2D eigenvalue weighted by atomic mass is 10.1. The molecule has 2 aromatic rings. The smallest absolute Gasteiger partial charge is 0.339 e. The molecule has 0 bridgehead atoms. The van der Waals surface area contributed by atoms with Crippen LogP contribution in [0.5, 0.6) is 0 Å². The van der Waals surface area contributed by atoms with Gasteiger partial charge in [0, 0.05) is 17.5 Å². The molecule has 110 valence electrons. The zero-order valence-corrected chi connectivity index (χ0v) is 12.4. The molecule has 4 heteroatoms. The van der Waals surface area contributed by atoms with Crippen LogP contribution in [0.1, 0.15) is 43.5 Å². The zero-order chi connectivity index (χ0) is 15.0. The Bertz CT molecular complexity index is 684. The van der Waals surface area contributed by atoms with Crippen molar-refractivity contribution in [2.24, 2.45) is 0 Å². The molecule has 1 fully saturated rings. The Kier molecular flexibility index (Phi) is 3.53. The average molecular weight is 284 g/mol. The maximum absolute atomic E-state index is 11.7. The normalized spacial score (nSPS) is 21.9. The monoisotopic (exact) mass is 284 g/mol. The fraction of sp³-hybridized carbons (Fsp3) is 0.412. The van der Waals surface area contributed by atoms with Crippen LogP contribution < -0.4 is 4.90 Å². The van der Waals surface area contributed by atoms with Crippen LogP contribution >= 0.6 is 0 Å². The van der Waals surface area contributed by atoms with Gasteiger partial charge < -0.3 is 10.0 Å². The number of benzene rings is 1. The number of aromatic carboxylic acids is 1. The minimum Gasteiger partial charge on any atom is -0.478 e. The second-order valence-corrected chi connectivity index (χ2v) is 5.75. The summed E-state index contributed by atoms with van der Waals surface area (Å²) < 4.78 is 0. The van der Waals surface area contributed by atoms with Crippen molar-refractivity contribution < 1.29 is 9.90 Å². The molecule has 3 rings (SSSR count). The lowest BCUT2D eigenvalue weighted by molar-refractivity contribution is 0.0697. The van der Waals surface area contributed by atoms with Gasteiger partial charge in [0.25, 0.3) is 0 Å². The van der Waals surface area contributed by atoms with Gasteiger partial charge in [-0.05, 0) is 38.3 Å². The van der Waals surface area contributed by atoms with Crippen LogP contribution in [0, 0.1) is 0 Å². The number of hydrogen-bond acceptors (Lipinski definition) is 3. The van der Waals surface area contributed by atoms with E-state index < -0.39 is 5.97 Å². The Hall–Kier alpha value is -2.10. The quantitative estimate of drug-likeness (QED) is 0.933. The molecule has 1 N–H and O–H groups in total. The molecular formula is C17H20N2O2. The van der Waals surface area contributed by atoms with Gasteiger partial charge in [0.15, 0.2) is 0 Å². The van der Waals surface area contributed by atoms with E-state index in [2.05, 4.69) is 23.7 Å². The first-order valence-electron chi connectivity index (χ1n) is 7.53. The Labute approximate surface area is 124 Å². The van der Waals surface area contributed by atoms with Crippen LogP contribution in [-0.4, -0.2) is 28.1 Å². The fourth-order valence-electron chi connectivity index (χ4n) is 3.31. The van der Waals surface area contributed by atoms with Crippen molar-refractivity contribution in [3.05, 3.63) is 35.9 Å². The second-order valence-electron chi connectivity index (χ2n) is 5.75. The summed E-state index contributed by atoms with van der Waals surface area (Å²) in [4.78, 5) is 18.5. The summed E-state index contributed by atoms with van der Waals surface area (Å²) in [6.45, 7) is 4.30. The minimum atomic E-state index is -0.905. The lowest BCUT2D eigenvalue weighted by Gasteiger charge is -2.30. The molecule has 2 unspecified atom stereocenters. The van der Waals surface area contributed by atoms with Gasteiger partial charge in [0.05, 0.1) is 5.52 Å². The summed E-state index contributed by atoms with van der Waals surface area (Å²) in [5, 5.41) is 10.4. The van der Waals surface area contributed by atoms with E-state index in [1.165, 1.54) is 0 Å². The van der Waals surface area contributed by atoms with Gasteiger partial charge in [-0.1, -0.05) is 25.1 Å². The van der Waals surface area contributed by atoms with Gasteiger partial charge >= 0.3 is 5.97 Å². The predicted molar refractivity (Wildman–Crippen MR) is 84.0 cm³/mol. The molecule has 4 nitrogen and oxygen atoms in total. The number of anilines is 1. The third kappa shape index (κ3) is 2.35. The molecule has 0 saturated carbocycles. The topological polar surface area (TPSA) is 53.4 Å². The number of aromatic nitrogens is 1. The average Bonchev–Trinajstić information content (AvgIpc) is 2.86. The summed E-state index contributed by atoms with van der Waals surface area (Å²) in [6.07, 6.45) is 3.20. The Morgan fingerprint density at radius 1 is 1.38 bits per heavy atom. The van der Waals surface area contributed by atoms with E-state index in [0.29, 0.717) is 23.5 Å². The van der Waals surface area contributed by atoms with Crippen molar-refractivity contribution in [2.75, 3.05) is 4.90 Å². The Balaban J connectivity index is 2.19. The van der Waals surface area contributed by atoms with E-state index in [1.807, 2.05) is 24.3 Å². The van der Waals surface area contributed by atoms with E-state index in [-0.39, 0.29) is 0 Å². The largest absolute Gasteiger partial charge is 0.478 e. The highest BCUT2D eigenvalue weighted by Crippen LogP contribution is 2.34. The van der Waals surface area contributed by atoms with Gasteiger partial charge in [-0.2, -0.15) is 0 Å². The van der Waals surface area contributed by atoms with Crippen molar-refractivity contribution in [2.45, 2.75) is 45.2 Å². The summed E-state index contributed by atoms with van der Waals surface area (Å²) >= 11 is 0. The van der Waals surface area contributed by atoms with E-state index in [0.717, 1.165) is 30.2 Å². The van der Waals surface area contributed by atoms with Crippen LogP contribution in [0.25, 0.3) is 10.9 Å². The SMILES string of the molecule is CCC1CCC(C)N1c1nc2ccccc2cc1C(=O)O. The first kappa shape index (κ1) is 13.9. The maximum atomic E-state index is 11.7. The first-order chi connectivity index (χ1) is 10.1. The Morgan fingerprint density at radius 2 is 2.14 bits per heavy atom. The minimum absolute atomic E-state index is 0.306. The molecule has 21 heavy (non-hydrogen) atoms. The van der Waals surface area contributed by atoms with Crippen LogP contribution in [0.3, 0.4) is 0 Å². The second kappa shape index (κ2) is 5.35. The van der Waals surface area contributed by atoms with E-state index >= 15 is 0 Å². The summed E-state index contributed by atoms with van der Waals surface area (Å²) in [7, 11) is 0. The fourth-order valence-corrected chi connectivity index (χ4v) is 3.31. The molecule has 1 aromatic carbocycles. The summed E-state index contributed by atoms with van der Waals surface area (Å²) in [5.41, 5.74) is 1.16. The molecule has 2 heterocycles. The molecule has 2 atom stereocenters. The highest BCUT2D eigenvalue weighted by molar-refractivity contribution is 5.98. The van der Waals surface area contributed by atoms with Gasteiger partial charge in [-0.3, -0.25) is 0 Å². The number of hydrogen-bond donors (Lipinski definition) is 1. The number of carboxylic acids is 1. The standard InChI is InChI=1S/C17H20N2O2/c1-3-13-9-8-11(2)19(13)16-14(17(20)21)10-12-6-4-5-7-15(12)18-16/h4-7,10-11,13H,3,8-9H2,1-2H3,(H,20,21). The molecular weight excluding hydrogens is 264 g/mol. The Morgan fingerprint density at radius 3 is 2.86 bits per heavy atom. The molecule has 1 aliphatic heterocycles. The predicted octanol–water partition coefficient (Wildman–Crippen LogP) is 3.70. The molecule has 0 aliphatic carbocycles. The van der Waals surface area contributed by atoms with Crippen LogP contribution in [-0.2, 0) is 0 Å². The molecule has 1 aromatic heterocycles. The van der Waals surface area contributed by atoms with E-state index in [1.54, 1.807) is 6.07 Å². The van der Waals surface area contributed by atoms with Crippen LogP contribution in [0.15, 0.2) is 30.3 Å². The summed E-state index contributed by atoms with van der Waals surface area (Å²) in [6, 6.07) is 10.1. The van der Waals surface area contributed by atoms with Crippen LogP contribution in [0.2, 0.25) is 0 Å². The maximum Gasteiger partial charge on any atom is 0.339 e. The van der Waals surface area contributed by atoms with Gasteiger partial charge in [0.1, 0.15) is 11.4 Å². The van der Waals surface area contributed by atoms with Gasteiger partial charge in [-0.15, -0.1) is 0 Å². The number of carbonyl (C=O) groups is 1. The molecule has 1 aliphatic rings. The van der Waals surface area contributed by atoms with Crippen molar-refractivity contribution in [1.82, 2.24) is 4.98 Å². The van der Waals surface area contributed by atoms with E-state index in [9.17, 15) is 9.90 Å². The number of pyridine rings is 1. The third-order valence-corrected chi connectivity index (χ3v) is 4.44. The lowest BCUT2D eigenvalue weighted by Crippen LogP contribution is -2.36. The number of rotatable bonds is 3. The van der Waals surface area contributed by atoms with Crippen molar-refractivity contribution >= 4 is 22.7 Å².